The van der Waals surface area contributed by atoms with Gasteiger partial charge < -0.3 is 15.3 Å². The van der Waals surface area contributed by atoms with Crippen LogP contribution in [-0.2, 0) is 6.42 Å². The van der Waals surface area contributed by atoms with E-state index in [0.29, 0.717) is 12.5 Å². The minimum absolute atomic E-state index is 0.0626. The quantitative estimate of drug-likeness (QED) is 0.126. The fraction of sp³-hybridized carbons (Fsp3) is 0.175. The molecule has 0 bridgehead atoms. The number of phenolic OH excluding ortho intramolecular Hbond substituents is 2. The molecule has 0 aliphatic carbocycles. The van der Waals surface area contributed by atoms with Crippen LogP contribution in [0.25, 0.3) is 0 Å². The molecule has 0 heterocycles. The third-order valence-electron chi connectivity index (χ3n) is 7.40. The molecule has 0 saturated heterocycles. The first-order valence-corrected chi connectivity index (χ1v) is 15.1. The molecule has 0 fully saturated rings. The van der Waals surface area contributed by atoms with Gasteiger partial charge >= 0.3 is 0 Å². The summed E-state index contributed by atoms with van der Waals surface area (Å²) >= 11 is 0. The normalized spacial score (nSPS) is 10.9. The number of aliphatic hydroxyl groups excluding tert-OH is 1. The molecular weight excluding hydrogens is 570 g/mol. The Labute approximate surface area is 272 Å². The van der Waals surface area contributed by atoms with Crippen molar-refractivity contribution in [3.63, 3.8) is 0 Å². The lowest BCUT2D eigenvalue weighted by atomic mass is 9.91. The molecule has 5 aromatic carbocycles. The highest BCUT2D eigenvalue weighted by molar-refractivity contribution is 5.39. The van der Waals surface area contributed by atoms with E-state index >= 15 is 0 Å². The van der Waals surface area contributed by atoms with Crippen molar-refractivity contribution >= 4 is 20.2 Å². The van der Waals surface area contributed by atoms with Gasteiger partial charge in [0.25, 0.3) is 0 Å². The number of rotatable bonds is 12. The highest BCUT2D eigenvalue weighted by atomic mass is 16.3. The Morgan fingerprint density at radius 2 is 0.826 bits per heavy atom. The molecule has 0 aliphatic heterocycles. The van der Waals surface area contributed by atoms with Crippen molar-refractivity contribution in [3.05, 3.63) is 167 Å². The predicted molar refractivity (Wildman–Crippen MR) is 192 cm³/mol. The first-order chi connectivity index (χ1) is 22.5. The zero-order valence-electron chi connectivity index (χ0n) is 26.1. The molecule has 236 valence electrons. The molecular formula is C40H43N3O3. The molecule has 0 saturated carbocycles. The van der Waals surface area contributed by atoms with Gasteiger partial charge in [0, 0.05) is 24.9 Å². The van der Waals surface area contributed by atoms with Crippen LogP contribution in [0.15, 0.2) is 155 Å². The topological polar surface area (TPSA) is 97.8 Å². The zero-order valence-corrected chi connectivity index (χ0v) is 26.1. The molecule has 1 atom stereocenters. The van der Waals surface area contributed by atoms with Gasteiger partial charge in [-0.3, -0.25) is 15.0 Å². The molecule has 0 aromatic heterocycles. The van der Waals surface area contributed by atoms with Crippen LogP contribution in [-0.4, -0.2) is 61.2 Å². The average molecular weight is 614 g/mol. The van der Waals surface area contributed by atoms with Crippen LogP contribution in [0.1, 0.15) is 39.7 Å². The summed E-state index contributed by atoms with van der Waals surface area (Å²) in [7, 11) is 0. The van der Waals surface area contributed by atoms with Crippen molar-refractivity contribution < 1.29 is 15.3 Å². The van der Waals surface area contributed by atoms with E-state index in [-0.39, 0.29) is 30.1 Å². The average Bonchev–Trinajstić information content (AvgIpc) is 3.11. The van der Waals surface area contributed by atoms with Crippen LogP contribution < -0.4 is 0 Å². The van der Waals surface area contributed by atoms with Crippen molar-refractivity contribution in [3.8, 4) is 11.5 Å². The zero-order chi connectivity index (χ0) is 33.0. The van der Waals surface area contributed by atoms with Gasteiger partial charge in [0.1, 0.15) is 11.5 Å². The van der Waals surface area contributed by atoms with Crippen LogP contribution in [0.3, 0.4) is 0 Å². The molecule has 0 aliphatic rings. The molecule has 0 amide bonds. The van der Waals surface area contributed by atoms with Gasteiger partial charge in [-0.1, -0.05) is 115 Å². The number of aromatic hydroxyl groups is 2. The summed E-state index contributed by atoms with van der Waals surface area (Å²) < 4.78 is 0. The van der Waals surface area contributed by atoms with Gasteiger partial charge in [-0.05, 0) is 78.7 Å². The third-order valence-corrected chi connectivity index (χ3v) is 7.40. The Kier molecular flexibility index (Phi) is 15.2. The molecule has 6 heteroatoms. The maximum Gasteiger partial charge on any atom is 0.115 e. The maximum atomic E-state index is 9.31. The van der Waals surface area contributed by atoms with Gasteiger partial charge in [0.2, 0.25) is 0 Å². The molecule has 5 aromatic rings. The molecule has 6 nitrogen and oxygen atoms in total. The highest BCUT2D eigenvalue weighted by Crippen LogP contribution is 2.28. The number of aliphatic imine (C=N–C) groups is 3. The minimum atomic E-state index is -0.0626. The predicted octanol–water partition coefficient (Wildman–Crippen LogP) is 7.74. The maximum absolute atomic E-state index is 9.31. The van der Waals surface area contributed by atoms with Gasteiger partial charge in [-0.2, -0.15) is 0 Å². The van der Waals surface area contributed by atoms with Crippen molar-refractivity contribution in [1.82, 2.24) is 0 Å². The van der Waals surface area contributed by atoms with E-state index in [0.717, 1.165) is 24.1 Å². The second-order valence-corrected chi connectivity index (χ2v) is 10.6. The smallest absolute Gasteiger partial charge is 0.115 e. The van der Waals surface area contributed by atoms with Crippen LogP contribution >= 0.6 is 0 Å². The van der Waals surface area contributed by atoms with Crippen molar-refractivity contribution in [2.75, 3.05) is 19.7 Å². The Balaban J connectivity index is 0.000000192. The van der Waals surface area contributed by atoms with Crippen LogP contribution in [0.2, 0.25) is 0 Å². The molecule has 0 radical (unpaired) electrons. The van der Waals surface area contributed by atoms with E-state index in [2.05, 4.69) is 83.7 Å². The van der Waals surface area contributed by atoms with Crippen molar-refractivity contribution in [2.24, 2.45) is 15.0 Å². The summed E-state index contributed by atoms with van der Waals surface area (Å²) in [6, 6.07) is 44.9. The van der Waals surface area contributed by atoms with Crippen LogP contribution in [0, 0.1) is 0 Å². The molecule has 0 unspecified atom stereocenters. The monoisotopic (exact) mass is 613 g/mol. The van der Waals surface area contributed by atoms with Gasteiger partial charge in [-0.15, -0.1) is 0 Å². The lowest BCUT2D eigenvalue weighted by Gasteiger charge is -2.15. The summed E-state index contributed by atoms with van der Waals surface area (Å²) in [5.74, 6) is 0.896. The fourth-order valence-electron chi connectivity index (χ4n) is 4.92. The van der Waals surface area contributed by atoms with E-state index in [1.807, 2.05) is 66.7 Å². The molecule has 3 N–H and O–H groups in total. The number of hydrogen-bond acceptors (Lipinski definition) is 6. The SMILES string of the molecule is C=NCC(c1ccc(O)cc1)c1ccc(O)cc1.C=NCC(c1ccccc1)c1ccccc1.C=N[C@H](CO)Cc1ccccc1. The number of benzene rings is 5. The minimum Gasteiger partial charge on any atom is -0.508 e. The fourth-order valence-corrected chi connectivity index (χ4v) is 4.92. The van der Waals surface area contributed by atoms with Gasteiger partial charge in [0.05, 0.1) is 12.6 Å². The first-order valence-electron chi connectivity index (χ1n) is 15.1. The molecule has 0 spiro atoms. The van der Waals surface area contributed by atoms with E-state index in [9.17, 15) is 10.2 Å². The Bertz CT molecular complexity index is 1480. The summed E-state index contributed by atoms with van der Waals surface area (Å²) in [4.78, 5) is 11.8. The Morgan fingerprint density at radius 1 is 0.478 bits per heavy atom. The van der Waals surface area contributed by atoms with Gasteiger partial charge in [0.15, 0.2) is 0 Å². The largest absolute Gasteiger partial charge is 0.508 e. The second-order valence-electron chi connectivity index (χ2n) is 10.6. The summed E-state index contributed by atoms with van der Waals surface area (Å²) in [5, 5.41) is 27.5. The van der Waals surface area contributed by atoms with Crippen molar-refractivity contribution in [2.45, 2.75) is 24.3 Å². The highest BCUT2D eigenvalue weighted by Gasteiger charge is 2.14. The van der Waals surface area contributed by atoms with Crippen LogP contribution in [0.5, 0.6) is 11.5 Å². The standard InChI is InChI=1S/C15H15NO2.C15H15N.C10H13NO/c1-16-10-15(11-2-6-13(17)7-3-11)12-4-8-14(18)9-5-12;1-16-12-15(13-8-4-2-5-9-13)14-10-6-3-7-11-14;1-11-10(8-12)7-9-5-3-2-4-6-9/h2-9,15,17-18H,1,10H2;2-11,15H,1,12H2;2-6,10,12H,1,7-8H2/t;;10-/m..0/s1. The summed E-state index contributed by atoms with van der Waals surface area (Å²) in [5.41, 5.74) is 5.89. The Morgan fingerprint density at radius 3 is 1.15 bits per heavy atom. The molecule has 5 rings (SSSR count). The Hall–Kier alpha value is -5.33. The number of hydrogen-bond donors (Lipinski definition) is 3. The number of nitrogens with zero attached hydrogens (tertiary/aromatic N) is 3. The van der Waals surface area contributed by atoms with E-state index in [4.69, 9.17) is 5.11 Å². The second kappa shape index (κ2) is 19.8. The summed E-state index contributed by atoms with van der Waals surface area (Å²) in [6.45, 7) is 11.9. The first kappa shape index (κ1) is 35.2. The van der Waals surface area contributed by atoms with Gasteiger partial charge in [-0.25, -0.2) is 0 Å². The van der Waals surface area contributed by atoms with E-state index in [1.165, 1.54) is 16.7 Å². The molecule has 46 heavy (non-hydrogen) atoms. The lowest BCUT2D eigenvalue weighted by molar-refractivity contribution is 0.266. The van der Waals surface area contributed by atoms with Crippen molar-refractivity contribution in [1.29, 1.82) is 0 Å². The number of aliphatic hydroxyl groups is 1. The third kappa shape index (κ3) is 11.6. The number of phenols is 2. The van der Waals surface area contributed by atoms with E-state index < -0.39 is 0 Å². The van der Waals surface area contributed by atoms with E-state index in [1.54, 1.807) is 24.3 Å². The lowest BCUT2D eigenvalue weighted by Crippen LogP contribution is -2.12. The van der Waals surface area contributed by atoms with Crippen LogP contribution in [0.4, 0.5) is 0 Å². The summed E-state index contributed by atoms with van der Waals surface area (Å²) in [6.07, 6.45) is 0.765.